The molecule has 1 aliphatic heterocycles. The number of aromatic hydroxyl groups is 1. The first-order valence-electron chi connectivity index (χ1n) is 7.32. The molecule has 0 unspecified atom stereocenters. The van der Waals surface area contributed by atoms with Crippen molar-refractivity contribution >= 4 is 29.6 Å². The van der Waals surface area contributed by atoms with E-state index >= 15 is 0 Å². The van der Waals surface area contributed by atoms with Gasteiger partial charge in [-0.2, -0.15) is 0 Å². The molecule has 1 heterocycles. The molecule has 122 valence electrons. The minimum Gasteiger partial charge on any atom is -0.507 e. The number of phenols is 1. The Morgan fingerprint density at radius 1 is 1.22 bits per heavy atom. The number of anilines is 1. The van der Waals surface area contributed by atoms with Gasteiger partial charge in [0.2, 0.25) is 0 Å². The number of nitrogens with one attached hydrogen (secondary N) is 1. The molecule has 1 aromatic carbocycles. The van der Waals surface area contributed by atoms with Crippen LogP contribution in [0.25, 0.3) is 6.08 Å². The van der Waals surface area contributed by atoms with Crippen LogP contribution < -0.4 is 10.2 Å². The van der Waals surface area contributed by atoms with Crippen LogP contribution in [0.15, 0.2) is 23.8 Å². The zero-order chi connectivity index (χ0) is 17.1. The molecule has 7 heteroatoms. The molecule has 0 aromatic heterocycles. The first-order valence-corrected chi connectivity index (χ1v) is 7.32. The van der Waals surface area contributed by atoms with Crippen molar-refractivity contribution < 1.29 is 19.5 Å². The smallest absolute Gasteiger partial charge is 0.331 e. The monoisotopic (exact) mass is 317 g/mol. The second kappa shape index (κ2) is 6.51. The number of carbonyl (C=O) groups is 3. The predicted octanol–water partition coefficient (Wildman–Crippen LogP) is 1.33. The first kappa shape index (κ1) is 16.5. The average molecular weight is 317 g/mol. The summed E-state index contributed by atoms with van der Waals surface area (Å²) in [6.45, 7) is 5.61. The van der Waals surface area contributed by atoms with Crippen molar-refractivity contribution in [3.63, 3.8) is 0 Å². The fourth-order valence-corrected chi connectivity index (χ4v) is 2.34. The maximum Gasteiger partial charge on any atom is 0.331 e. The average Bonchev–Trinajstić information content (AvgIpc) is 2.52. The summed E-state index contributed by atoms with van der Waals surface area (Å²) in [6, 6.07) is 4.25. The summed E-state index contributed by atoms with van der Waals surface area (Å²) < 4.78 is 0. The lowest BCUT2D eigenvalue weighted by atomic mass is 10.1. The van der Waals surface area contributed by atoms with Gasteiger partial charge >= 0.3 is 6.03 Å². The summed E-state index contributed by atoms with van der Waals surface area (Å²) >= 11 is 0. The number of phenolic OH excluding ortho intramolecular Hbond substituents is 1. The highest BCUT2D eigenvalue weighted by molar-refractivity contribution is 6.30. The Kier molecular flexibility index (Phi) is 4.68. The Hall–Kier alpha value is -2.83. The van der Waals surface area contributed by atoms with Crippen molar-refractivity contribution in [3.05, 3.63) is 29.3 Å². The summed E-state index contributed by atoms with van der Waals surface area (Å²) in [5.74, 6) is -1.52. The molecule has 2 N–H and O–H groups in total. The highest BCUT2D eigenvalue weighted by Crippen LogP contribution is 2.27. The molecule has 23 heavy (non-hydrogen) atoms. The summed E-state index contributed by atoms with van der Waals surface area (Å²) in [4.78, 5) is 38.1. The van der Waals surface area contributed by atoms with E-state index in [2.05, 4.69) is 10.2 Å². The number of nitrogens with zero attached hydrogens (tertiary/aromatic N) is 2. The Balaban J connectivity index is 2.37. The number of amides is 4. The molecule has 0 bridgehead atoms. The Morgan fingerprint density at radius 3 is 2.43 bits per heavy atom. The van der Waals surface area contributed by atoms with Gasteiger partial charge in [-0.3, -0.25) is 19.8 Å². The number of hydrogen-bond donors (Lipinski definition) is 2. The molecule has 0 radical (unpaired) electrons. The number of hydrogen-bond acceptors (Lipinski definition) is 5. The number of likely N-dealkylation sites (N-methyl/N-ethyl adjacent to an activating group) is 1. The van der Waals surface area contributed by atoms with Crippen LogP contribution in [0, 0.1) is 0 Å². The van der Waals surface area contributed by atoms with Crippen LogP contribution in [0.5, 0.6) is 5.75 Å². The van der Waals surface area contributed by atoms with Crippen molar-refractivity contribution in [2.75, 3.05) is 25.0 Å². The van der Waals surface area contributed by atoms with Crippen molar-refractivity contribution in [2.24, 2.45) is 0 Å². The van der Waals surface area contributed by atoms with Gasteiger partial charge in [0.15, 0.2) is 0 Å². The number of rotatable bonds is 4. The highest BCUT2D eigenvalue weighted by Gasteiger charge is 2.33. The van der Waals surface area contributed by atoms with Crippen LogP contribution in [0.1, 0.15) is 19.4 Å². The third-order valence-corrected chi connectivity index (χ3v) is 3.75. The molecule has 0 aliphatic carbocycles. The molecule has 0 saturated carbocycles. The lowest BCUT2D eigenvalue weighted by Crippen LogP contribution is -2.52. The van der Waals surface area contributed by atoms with Gasteiger partial charge in [0.05, 0.1) is 0 Å². The minimum atomic E-state index is -0.773. The molecule has 7 nitrogen and oxygen atoms in total. The van der Waals surface area contributed by atoms with Crippen LogP contribution in [-0.2, 0) is 9.59 Å². The van der Waals surface area contributed by atoms with Crippen molar-refractivity contribution in [2.45, 2.75) is 13.8 Å². The summed E-state index contributed by atoms with van der Waals surface area (Å²) in [5.41, 5.74) is 0.988. The van der Waals surface area contributed by atoms with Gasteiger partial charge in [-0.15, -0.1) is 0 Å². The van der Waals surface area contributed by atoms with Crippen LogP contribution >= 0.6 is 0 Å². The van der Waals surface area contributed by atoms with Gasteiger partial charge in [0.25, 0.3) is 11.8 Å². The van der Waals surface area contributed by atoms with Gasteiger partial charge in [0.1, 0.15) is 11.3 Å². The van der Waals surface area contributed by atoms with Crippen LogP contribution in [0.3, 0.4) is 0 Å². The van der Waals surface area contributed by atoms with Gasteiger partial charge in [-0.25, -0.2) is 4.79 Å². The number of imide groups is 2. The molecule has 4 amide bonds. The van der Waals surface area contributed by atoms with Crippen LogP contribution in [0.4, 0.5) is 10.5 Å². The third-order valence-electron chi connectivity index (χ3n) is 3.75. The van der Waals surface area contributed by atoms with Crippen LogP contribution in [0.2, 0.25) is 0 Å². The lowest BCUT2D eigenvalue weighted by Gasteiger charge is -2.23. The topological polar surface area (TPSA) is 90.0 Å². The molecule has 2 rings (SSSR count). The maximum absolute atomic E-state index is 12.0. The molecule has 1 aliphatic rings. The van der Waals surface area contributed by atoms with Gasteiger partial charge in [-0.1, -0.05) is 0 Å². The number of urea groups is 1. The van der Waals surface area contributed by atoms with E-state index < -0.39 is 17.8 Å². The van der Waals surface area contributed by atoms with E-state index in [9.17, 15) is 19.5 Å². The molecular weight excluding hydrogens is 298 g/mol. The fourth-order valence-electron chi connectivity index (χ4n) is 2.34. The normalized spacial score (nSPS) is 16.7. The summed E-state index contributed by atoms with van der Waals surface area (Å²) in [6.07, 6.45) is 1.28. The van der Waals surface area contributed by atoms with Gasteiger partial charge in [0, 0.05) is 37.5 Å². The molecule has 0 atom stereocenters. The largest absolute Gasteiger partial charge is 0.507 e. The van der Waals surface area contributed by atoms with Crippen LogP contribution in [-0.4, -0.2) is 48.0 Å². The Bertz CT molecular complexity index is 693. The van der Waals surface area contributed by atoms with Crippen molar-refractivity contribution in [1.82, 2.24) is 10.2 Å². The van der Waals surface area contributed by atoms with E-state index in [0.29, 0.717) is 5.56 Å². The quantitative estimate of drug-likeness (QED) is 0.646. The molecular formula is C16H19N3O4. The number of carbonyl (C=O) groups excluding carboxylic acids is 3. The molecule has 1 saturated heterocycles. The maximum atomic E-state index is 12.0. The SMILES string of the molecule is CCN(CC)c1ccc(/C=C2/C(=O)NC(=O)N(C)C2=O)c(O)c1. The Morgan fingerprint density at radius 2 is 1.87 bits per heavy atom. The summed E-state index contributed by atoms with van der Waals surface area (Å²) in [5, 5.41) is 12.2. The standard InChI is InChI=1S/C16H19N3O4/c1-4-19(5-2)11-7-6-10(13(20)9-11)8-12-14(21)17-16(23)18(3)15(12)22/h6-9,20H,4-5H2,1-3H3,(H,17,21,23)/b12-8-. The fraction of sp³-hybridized carbons (Fsp3) is 0.312. The third kappa shape index (κ3) is 3.18. The molecule has 1 fully saturated rings. The van der Waals surface area contributed by atoms with E-state index in [0.717, 1.165) is 23.7 Å². The second-order valence-corrected chi connectivity index (χ2v) is 5.10. The van der Waals surface area contributed by atoms with E-state index in [1.54, 1.807) is 18.2 Å². The molecule has 1 aromatic rings. The van der Waals surface area contributed by atoms with Gasteiger partial charge < -0.3 is 10.0 Å². The summed E-state index contributed by atoms with van der Waals surface area (Å²) in [7, 11) is 1.28. The van der Waals surface area contributed by atoms with E-state index in [-0.39, 0.29) is 11.3 Å². The first-order chi connectivity index (χ1) is 10.9. The molecule has 0 spiro atoms. The number of benzene rings is 1. The van der Waals surface area contributed by atoms with Crippen molar-refractivity contribution in [3.8, 4) is 5.75 Å². The zero-order valence-corrected chi connectivity index (χ0v) is 13.3. The minimum absolute atomic E-state index is 0.0398. The van der Waals surface area contributed by atoms with Crippen molar-refractivity contribution in [1.29, 1.82) is 0 Å². The Labute approximate surface area is 134 Å². The van der Waals surface area contributed by atoms with E-state index in [4.69, 9.17) is 0 Å². The lowest BCUT2D eigenvalue weighted by molar-refractivity contribution is -0.129. The second-order valence-electron chi connectivity index (χ2n) is 5.10. The van der Waals surface area contributed by atoms with E-state index in [1.807, 2.05) is 13.8 Å². The van der Waals surface area contributed by atoms with Gasteiger partial charge in [-0.05, 0) is 32.1 Å². The zero-order valence-electron chi connectivity index (χ0n) is 13.3. The van der Waals surface area contributed by atoms with E-state index in [1.165, 1.54) is 13.1 Å². The number of barbiturate groups is 1. The predicted molar refractivity (Wildman–Crippen MR) is 86.0 cm³/mol. The highest BCUT2D eigenvalue weighted by atomic mass is 16.3.